The van der Waals surface area contributed by atoms with Crippen molar-refractivity contribution in [3.63, 3.8) is 0 Å². The maximum Gasteiger partial charge on any atom is 0.0896 e. The van der Waals surface area contributed by atoms with Crippen LogP contribution in [0.15, 0.2) is 0 Å². The van der Waals surface area contributed by atoms with Gasteiger partial charge in [-0.3, -0.25) is 0 Å². The minimum atomic E-state index is 0.424. The summed E-state index contributed by atoms with van der Waals surface area (Å²) in [6.07, 6.45) is 33.2. The topological polar surface area (TPSA) is 55.4 Å². The number of ether oxygens (including phenoxy) is 6. The van der Waals surface area contributed by atoms with Gasteiger partial charge >= 0.3 is 0 Å². The van der Waals surface area contributed by atoms with Gasteiger partial charge < -0.3 is 28.4 Å². The van der Waals surface area contributed by atoms with Crippen LogP contribution in [0.2, 0.25) is 0 Å². The molecule has 0 aromatic carbocycles. The van der Waals surface area contributed by atoms with Crippen molar-refractivity contribution >= 4 is 106 Å². The molecule has 6 nitrogen and oxygen atoms in total. The van der Waals surface area contributed by atoms with Gasteiger partial charge in [0.05, 0.1) is 85.5 Å². The summed E-state index contributed by atoms with van der Waals surface area (Å²) in [5, 5.41) is 0.833. The zero-order valence-corrected chi connectivity index (χ0v) is 63.2. The van der Waals surface area contributed by atoms with Crippen molar-refractivity contribution in [2.24, 2.45) is 35.5 Å². The molecule has 12 heterocycles. The standard InChI is InChI=1S/C14H24OS.C12H22OS2.C12H22OS.C11H20OS2.C10H18OS2.C10H18OS/c1-3-11-10-9-16-14(7-5-6-8-14)13(10)12(4-2)15-11;1-4-9-8-10(11(5-2)13-9)12(3)14-6-7-15-12;1-5-9-8-7-14-12(3,4)11(8)10(6-2)13-9;1-3-9-8-11(10(4-2)12-9)13-6-5-7-14-11;1-3-8-7-10(9(4-2)11-8)12-5-6-13-10;1-3-8-7-5-6-12-10(7)9(4-2)11-8/h10-13H,3-9H2,1-2H3;9-11H,4-8H2,1-3H3;8-11H,5-7H2,1-4H3;9-10H,3-8H2,1-2H3;8-9H,3-7H2,1-2H3;7-10H,3-6H2,1-2H3. The molecule has 0 amide bonds. The number of hydrogen-bond acceptors (Lipinski definition) is 15. The van der Waals surface area contributed by atoms with Gasteiger partial charge in [-0.1, -0.05) is 110 Å². The van der Waals surface area contributed by atoms with Crippen LogP contribution in [0.4, 0.5) is 0 Å². The molecule has 13 aliphatic rings. The molecule has 1 saturated carbocycles. The minimum Gasteiger partial charge on any atom is -0.375 e. The Kier molecular flexibility index (Phi) is 29.5. The van der Waals surface area contributed by atoms with E-state index in [1.807, 2.05) is 0 Å². The lowest BCUT2D eigenvalue weighted by Gasteiger charge is -2.35. The predicted molar refractivity (Wildman–Crippen MR) is 385 cm³/mol. The quantitative estimate of drug-likeness (QED) is 0.176. The number of fused-ring (bicyclic) bond motifs is 4. The summed E-state index contributed by atoms with van der Waals surface area (Å²) in [6.45, 7) is 34.4. The van der Waals surface area contributed by atoms with Crippen molar-refractivity contribution in [2.75, 3.05) is 51.8 Å². The Morgan fingerprint density at radius 3 is 1.32 bits per heavy atom. The third-order valence-electron chi connectivity index (χ3n) is 22.1. The highest BCUT2D eigenvalue weighted by atomic mass is 32.2. The second kappa shape index (κ2) is 34.0. The van der Waals surface area contributed by atoms with E-state index in [4.69, 9.17) is 28.4 Å². The van der Waals surface area contributed by atoms with E-state index in [1.54, 1.807) is 0 Å². The lowest BCUT2D eigenvalue weighted by Crippen LogP contribution is -2.35. The lowest BCUT2D eigenvalue weighted by molar-refractivity contribution is 0.0219. The van der Waals surface area contributed by atoms with Crippen LogP contribution in [0.3, 0.4) is 0 Å². The summed E-state index contributed by atoms with van der Waals surface area (Å²) >= 11 is 19.5. The van der Waals surface area contributed by atoms with E-state index in [1.165, 1.54) is 187 Å². The molecule has 0 N–H and O–H groups in total. The normalized spacial score (nSPS) is 41.8. The van der Waals surface area contributed by atoms with E-state index in [9.17, 15) is 0 Å². The summed E-state index contributed by atoms with van der Waals surface area (Å²) in [4.78, 5) is 0. The molecule has 12 saturated heterocycles. The van der Waals surface area contributed by atoms with Gasteiger partial charge in [-0.05, 0) is 158 Å². The Balaban J connectivity index is 0.000000132. The third-order valence-corrected chi connectivity index (χ3v) is 37.7. The Labute approximate surface area is 555 Å². The van der Waals surface area contributed by atoms with Gasteiger partial charge in [-0.25, -0.2) is 0 Å². The van der Waals surface area contributed by atoms with Gasteiger partial charge in [0.1, 0.15) is 0 Å². The van der Waals surface area contributed by atoms with E-state index in [0.717, 1.165) is 40.8 Å². The average Bonchev–Trinajstić information content (AvgIpc) is 4.14. The Morgan fingerprint density at radius 2 is 0.821 bits per heavy atom. The molecule has 0 bridgehead atoms. The zero-order chi connectivity index (χ0) is 60.3. The molecular weight excluding hydrogens is 1210 g/mol. The van der Waals surface area contributed by atoms with E-state index in [-0.39, 0.29) is 0 Å². The van der Waals surface area contributed by atoms with Gasteiger partial charge in [0.2, 0.25) is 0 Å². The SMILES string of the molecule is CCC1CC(C2(C)SCCS2)C(CC)O1.CCC1CC2(SCCCS2)C(CC)O1.CCC1CC2(SCCS2)C(CC)O1.CCC1OC(CC)C2C1CSC2(C)C.CCC1OC(CC)C2C1CSC21CCCC1.CCC1OC(CC)C2SCCC12. The van der Waals surface area contributed by atoms with Crippen molar-refractivity contribution in [1.82, 2.24) is 0 Å². The first-order valence-corrected chi connectivity index (χ1v) is 44.2. The van der Waals surface area contributed by atoms with Crippen LogP contribution < -0.4 is 0 Å². The monoisotopic (exact) mass is 1340 g/mol. The summed E-state index contributed by atoms with van der Waals surface area (Å²) in [7, 11) is 0. The van der Waals surface area contributed by atoms with Gasteiger partial charge in [-0.2, -0.15) is 35.3 Å². The molecule has 84 heavy (non-hydrogen) atoms. The molecule has 13 rings (SSSR count). The molecule has 19 atom stereocenters. The maximum absolute atomic E-state index is 6.30. The molecule has 13 fully saturated rings. The summed E-state index contributed by atoms with van der Waals surface area (Å²) in [5.74, 6) is 17.0. The summed E-state index contributed by atoms with van der Waals surface area (Å²) in [6, 6.07) is 0. The fourth-order valence-electron chi connectivity index (χ4n) is 17.6. The second-order valence-electron chi connectivity index (χ2n) is 27.3. The highest BCUT2D eigenvalue weighted by molar-refractivity contribution is 8.21. The molecule has 0 radical (unpaired) electrons. The molecular formula is C69H124O6S9. The Morgan fingerprint density at radius 1 is 0.369 bits per heavy atom. The molecule has 0 aromatic rings. The van der Waals surface area contributed by atoms with Crippen LogP contribution in [0.5, 0.6) is 0 Å². The summed E-state index contributed by atoms with van der Waals surface area (Å²) < 4.78 is 39.1. The fourth-order valence-corrected chi connectivity index (χ4v) is 33.5. The highest BCUT2D eigenvalue weighted by Crippen LogP contribution is 2.62. The average molecular weight is 1340 g/mol. The van der Waals surface area contributed by atoms with Crippen molar-refractivity contribution < 1.29 is 28.4 Å². The smallest absolute Gasteiger partial charge is 0.0896 e. The van der Waals surface area contributed by atoms with Gasteiger partial charge in [0, 0.05) is 73.3 Å². The van der Waals surface area contributed by atoms with Crippen LogP contribution >= 0.6 is 106 Å². The van der Waals surface area contributed by atoms with Crippen molar-refractivity contribution in [3.8, 4) is 0 Å². The van der Waals surface area contributed by atoms with Crippen LogP contribution in [0, 0.1) is 35.5 Å². The largest absolute Gasteiger partial charge is 0.375 e. The van der Waals surface area contributed by atoms with E-state index in [2.05, 4.69) is 210 Å². The molecule has 19 unspecified atom stereocenters. The van der Waals surface area contributed by atoms with E-state index < -0.39 is 0 Å². The molecule has 12 aliphatic heterocycles. The van der Waals surface area contributed by atoms with Gasteiger partial charge in [-0.15, -0.1) is 70.6 Å². The van der Waals surface area contributed by atoms with Crippen molar-refractivity contribution in [2.45, 2.75) is 339 Å². The van der Waals surface area contributed by atoms with Crippen LogP contribution in [-0.4, -0.2) is 152 Å². The number of thioether (sulfide) groups is 9. The first-order valence-electron chi connectivity index (χ1n) is 35.2. The molecule has 1 aliphatic carbocycles. The van der Waals surface area contributed by atoms with Crippen molar-refractivity contribution in [1.29, 1.82) is 0 Å². The Hall–Kier alpha value is 2.91. The van der Waals surface area contributed by atoms with E-state index >= 15 is 0 Å². The van der Waals surface area contributed by atoms with Gasteiger partial charge in [0.15, 0.2) is 0 Å². The number of rotatable bonds is 13. The Bertz CT molecular complexity index is 1880. The van der Waals surface area contributed by atoms with Crippen molar-refractivity contribution in [3.05, 3.63) is 0 Å². The third kappa shape index (κ3) is 16.6. The second-order valence-corrected chi connectivity index (χ2v) is 41.3. The molecule has 0 aromatic heterocycles. The first kappa shape index (κ1) is 72.7. The molecule has 490 valence electrons. The lowest BCUT2D eigenvalue weighted by atomic mass is 9.76. The van der Waals surface area contributed by atoms with Crippen LogP contribution in [0.1, 0.15) is 239 Å². The van der Waals surface area contributed by atoms with Crippen LogP contribution in [0.25, 0.3) is 0 Å². The molecule has 15 heteroatoms. The molecule has 3 spiro atoms. The van der Waals surface area contributed by atoms with Crippen LogP contribution in [-0.2, 0) is 28.4 Å². The first-order chi connectivity index (χ1) is 40.6. The maximum atomic E-state index is 6.30. The van der Waals surface area contributed by atoms with E-state index in [0.29, 0.717) is 95.0 Å². The highest BCUT2D eigenvalue weighted by Gasteiger charge is 2.60. The predicted octanol–water partition coefficient (Wildman–Crippen LogP) is 20.3. The zero-order valence-electron chi connectivity index (χ0n) is 55.8. The van der Waals surface area contributed by atoms with Gasteiger partial charge in [0.25, 0.3) is 0 Å². The number of hydrogen-bond donors (Lipinski definition) is 0. The fraction of sp³-hybridized carbons (Fsp3) is 1.00. The summed E-state index contributed by atoms with van der Waals surface area (Å²) in [5.41, 5.74) is 0. The minimum absolute atomic E-state index is 0.424.